The van der Waals surface area contributed by atoms with Crippen molar-refractivity contribution in [1.29, 1.82) is 0 Å². The fraction of sp³-hybridized carbons (Fsp3) is 0.467. The molecule has 2 aliphatic rings. The lowest BCUT2D eigenvalue weighted by atomic mass is 9.98. The van der Waals surface area contributed by atoms with Crippen LogP contribution in [-0.2, 0) is 22.4 Å². The molecule has 3 rings (SSSR count). The Morgan fingerprint density at radius 2 is 1.89 bits per heavy atom. The van der Waals surface area contributed by atoms with Crippen molar-refractivity contribution >= 4 is 17.5 Å². The van der Waals surface area contributed by atoms with Crippen LogP contribution >= 0.6 is 0 Å². The van der Waals surface area contributed by atoms with E-state index in [-0.39, 0.29) is 11.8 Å². The van der Waals surface area contributed by atoms with Gasteiger partial charge in [0.05, 0.1) is 0 Å². The number of imide groups is 1. The van der Waals surface area contributed by atoms with Gasteiger partial charge in [0, 0.05) is 31.6 Å². The molecule has 2 aliphatic heterocycles. The van der Waals surface area contributed by atoms with E-state index >= 15 is 0 Å². The fourth-order valence-electron chi connectivity index (χ4n) is 2.89. The number of benzene rings is 1. The van der Waals surface area contributed by atoms with Gasteiger partial charge in [-0.05, 0) is 30.4 Å². The zero-order valence-electron chi connectivity index (χ0n) is 10.9. The Hall–Kier alpha value is -1.84. The molecule has 0 unspecified atom stereocenters. The second kappa shape index (κ2) is 5.03. The number of likely N-dealkylation sites (tertiary alicyclic amines) is 1. The van der Waals surface area contributed by atoms with Gasteiger partial charge in [-0.25, -0.2) is 0 Å². The van der Waals surface area contributed by atoms with E-state index in [0.717, 1.165) is 19.4 Å². The maximum absolute atomic E-state index is 11.6. The molecule has 4 heteroatoms. The third kappa shape index (κ3) is 2.35. The largest absolute Gasteiger partial charge is 0.385 e. The first-order valence-corrected chi connectivity index (χ1v) is 6.93. The molecule has 2 heterocycles. The van der Waals surface area contributed by atoms with E-state index in [2.05, 4.69) is 23.5 Å². The summed E-state index contributed by atoms with van der Waals surface area (Å²) in [6, 6.07) is 6.30. The highest BCUT2D eigenvalue weighted by Gasteiger charge is 2.28. The molecule has 0 spiro atoms. The Balaban J connectivity index is 1.73. The van der Waals surface area contributed by atoms with Gasteiger partial charge in [0.2, 0.25) is 11.8 Å². The molecule has 1 saturated heterocycles. The van der Waals surface area contributed by atoms with Gasteiger partial charge in [0.25, 0.3) is 0 Å². The van der Waals surface area contributed by atoms with Crippen LogP contribution in [0.3, 0.4) is 0 Å². The number of carbonyl (C=O) groups is 2. The molecule has 2 amide bonds. The van der Waals surface area contributed by atoms with E-state index in [1.807, 2.05) is 0 Å². The zero-order chi connectivity index (χ0) is 13.2. The number of hydrogen-bond acceptors (Lipinski definition) is 3. The number of nitrogens with zero attached hydrogens (tertiary/aromatic N) is 1. The van der Waals surface area contributed by atoms with E-state index in [4.69, 9.17) is 0 Å². The molecular formula is C15H18N2O2. The van der Waals surface area contributed by atoms with Gasteiger partial charge in [0.15, 0.2) is 0 Å². The van der Waals surface area contributed by atoms with E-state index < -0.39 is 0 Å². The minimum absolute atomic E-state index is 0.0252. The molecule has 1 aromatic carbocycles. The van der Waals surface area contributed by atoms with Crippen molar-refractivity contribution in [3.05, 3.63) is 29.3 Å². The Morgan fingerprint density at radius 3 is 2.68 bits per heavy atom. The van der Waals surface area contributed by atoms with E-state index in [0.29, 0.717) is 19.4 Å². The quantitative estimate of drug-likeness (QED) is 0.840. The lowest BCUT2D eigenvalue weighted by Gasteiger charge is -2.22. The number of rotatable bonds is 3. The summed E-state index contributed by atoms with van der Waals surface area (Å²) in [5.74, 6) is -0.0504. The average Bonchev–Trinajstić information content (AvgIpc) is 2.76. The predicted molar refractivity (Wildman–Crippen MR) is 72.9 cm³/mol. The van der Waals surface area contributed by atoms with Crippen LogP contribution in [0.2, 0.25) is 0 Å². The van der Waals surface area contributed by atoms with Crippen LogP contribution in [0.5, 0.6) is 0 Å². The summed E-state index contributed by atoms with van der Waals surface area (Å²) in [7, 11) is 0. The van der Waals surface area contributed by atoms with Gasteiger partial charge in [-0.3, -0.25) is 14.5 Å². The van der Waals surface area contributed by atoms with Crippen LogP contribution in [-0.4, -0.2) is 29.8 Å². The summed E-state index contributed by atoms with van der Waals surface area (Å²) in [5.41, 5.74) is 3.78. The molecule has 0 saturated carbocycles. The standard InChI is InChI=1S/C15H18N2O2/c18-13-6-7-14(19)17(13)10-8-12-4-1-3-11-5-2-9-16-15(11)12/h1,3-4,16H,2,5-10H2. The lowest BCUT2D eigenvalue weighted by Crippen LogP contribution is -2.31. The van der Waals surface area contributed by atoms with Crippen molar-refractivity contribution in [2.45, 2.75) is 32.1 Å². The summed E-state index contributed by atoms with van der Waals surface area (Å²) >= 11 is 0. The van der Waals surface area contributed by atoms with E-state index in [9.17, 15) is 9.59 Å². The van der Waals surface area contributed by atoms with Gasteiger partial charge in [-0.2, -0.15) is 0 Å². The Morgan fingerprint density at radius 1 is 1.11 bits per heavy atom. The summed E-state index contributed by atoms with van der Waals surface area (Å²) in [5, 5.41) is 3.44. The van der Waals surface area contributed by atoms with Crippen molar-refractivity contribution in [2.24, 2.45) is 0 Å². The minimum Gasteiger partial charge on any atom is -0.385 e. The summed E-state index contributed by atoms with van der Waals surface area (Å²) in [6.07, 6.45) is 3.78. The number of fused-ring (bicyclic) bond motifs is 1. The topological polar surface area (TPSA) is 49.4 Å². The number of hydrogen-bond donors (Lipinski definition) is 1. The molecule has 0 aliphatic carbocycles. The Kier molecular flexibility index (Phi) is 3.23. The van der Waals surface area contributed by atoms with Crippen LogP contribution < -0.4 is 5.32 Å². The smallest absolute Gasteiger partial charge is 0.229 e. The highest BCUT2D eigenvalue weighted by atomic mass is 16.2. The molecule has 19 heavy (non-hydrogen) atoms. The molecule has 0 bridgehead atoms. The molecule has 0 atom stereocenters. The number of carbonyl (C=O) groups excluding carboxylic acids is 2. The van der Waals surface area contributed by atoms with Crippen LogP contribution in [0.25, 0.3) is 0 Å². The third-order valence-corrected chi connectivity index (χ3v) is 3.92. The van der Waals surface area contributed by atoms with Gasteiger partial charge in [-0.1, -0.05) is 18.2 Å². The molecule has 4 nitrogen and oxygen atoms in total. The second-order valence-electron chi connectivity index (χ2n) is 5.17. The number of anilines is 1. The molecular weight excluding hydrogens is 240 g/mol. The van der Waals surface area contributed by atoms with Crippen molar-refractivity contribution in [2.75, 3.05) is 18.4 Å². The van der Waals surface area contributed by atoms with Crippen molar-refractivity contribution in [3.63, 3.8) is 0 Å². The summed E-state index contributed by atoms with van der Waals surface area (Å²) < 4.78 is 0. The summed E-state index contributed by atoms with van der Waals surface area (Å²) in [4.78, 5) is 24.6. The van der Waals surface area contributed by atoms with Gasteiger partial charge >= 0.3 is 0 Å². The maximum atomic E-state index is 11.6. The fourth-order valence-corrected chi connectivity index (χ4v) is 2.89. The number of amides is 2. The Labute approximate surface area is 112 Å². The van der Waals surface area contributed by atoms with Gasteiger partial charge in [-0.15, -0.1) is 0 Å². The van der Waals surface area contributed by atoms with Crippen LogP contribution in [0, 0.1) is 0 Å². The first-order chi connectivity index (χ1) is 9.25. The van der Waals surface area contributed by atoms with Crippen LogP contribution in [0.4, 0.5) is 5.69 Å². The van der Waals surface area contributed by atoms with Crippen LogP contribution in [0.15, 0.2) is 18.2 Å². The predicted octanol–water partition coefficient (Wildman–Crippen LogP) is 1.74. The molecule has 1 aromatic rings. The third-order valence-electron chi connectivity index (χ3n) is 3.92. The van der Waals surface area contributed by atoms with Gasteiger partial charge < -0.3 is 5.32 Å². The van der Waals surface area contributed by atoms with Crippen molar-refractivity contribution < 1.29 is 9.59 Å². The minimum atomic E-state index is -0.0252. The highest BCUT2D eigenvalue weighted by Crippen LogP contribution is 2.26. The maximum Gasteiger partial charge on any atom is 0.229 e. The SMILES string of the molecule is O=C1CCC(=O)N1CCc1cccc2c1NCCC2. The molecule has 0 aromatic heterocycles. The first-order valence-electron chi connectivity index (χ1n) is 6.93. The van der Waals surface area contributed by atoms with E-state index in [1.165, 1.54) is 28.1 Å². The van der Waals surface area contributed by atoms with Crippen molar-refractivity contribution in [1.82, 2.24) is 4.90 Å². The zero-order valence-corrected chi connectivity index (χ0v) is 10.9. The second-order valence-corrected chi connectivity index (χ2v) is 5.17. The van der Waals surface area contributed by atoms with Crippen molar-refractivity contribution in [3.8, 4) is 0 Å². The Bertz CT molecular complexity index is 509. The number of aryl methyl sites for hydroxylation is 1. The molecule has 1 N–H and O–H groups in total. The average molecular weight is 258 g/mol. The normalized spacial score (nSPS) is 18.4. The number of para-hydroxylation sites is 1. The monoisotopic (exact) mass is 258 g/mol. The van der Waals surface area contributed by atoms with Crippen LogP contribution in [0.1, 0.15) is 30.4 Å². The lowest BCUT2D eigenvalue weighted by molar-refractivity contribution is -0.138. The van der Waals surface area contributed by atoms with E-state index in [1.54, 1.807) is 0 Å². The molecule has 0 radical (unpaired) electrons. The van der Waals surface area contributed by atoms with Gasteiger partial charge in [0.1, 0.15) is 0 Å². The molecule has 100 valence electrons. The first kappa shape index (κ1) is 12.2. The molecule has 1 fully saturated rings. The number of nitrogens with one attached hydrogen (secondary N) is 1. The summed E-state index contributed by atoms with van der Waals surface area (Å²) in [6.45, 7) is 1.52. The highest BCUT2D eigenvalue weighted by molar-refractivity contribution is 6.01.